The van der Waals surface area contributed by atoms with Crippen LogP contribution in [0, 0.1) is 5.92 Å². The zero-order valence-corrected chi connectivity index (χ0v) is 17.6. The Balaban J connectivity index is 3.08. The monoisotopic (exact) mass is 468 g/mol. The van der Waals surface area contributed by atoms with E-state index in [4.69, 9.17) is 16.7 Å². The minimum Gasteiger partial charge on any atom is -0.332 e. The van der Waals surface area contributed by atoms with Gasteiger partial charge in [0, 0.05) is 11.4 Å². The first-order valence-corrected chi connectivity index (χ1v) is 11.6. The van der Waals surface area contributed by atoms with Gasteiger partial charge in [-0.2, -0.15) is 26.3 Å². The maximum absolute atomic E-state index is 12.9. The minimum atomic E-state index is -4.99. The molecular weight excluding hydrogens is 449 g/mol. The van der Waals surface area contributed by atoms with Crippen molar-refractivity contribution in [2.45, 2.75) is 33.1 Å². The third-order valence-corrected chi connectivity index (χ3v) is 7.62. The van der Waals surface area contributed by atoms with Gasteiger partial charge >= 0.3 is 19.1 Å². The topological polar surface area (TPSA) is 50.4 Å². The van der Waals surface area contributed by atoms with Crippen molar-refractivity contribution >= 4 is 41.1 Å². The van der Waals surface area contributed by atoms with Gasteiger partial charge in [-0.05, 0) is 54.6 Å². The fourth-order valence-corrected chi connectivity index (χ4v) is 6.31. The lowest BCUT2D eigenvalue weighted by Crippen LogP contribution is -2.26. The molecule has 0 fully saturated rings. The molecule has 13 heteroatoms. The SMILES string of the molecule is CCOP(=O)(NC(=S)Nc1cc(C(F)(F)F)cc(C(F)(F)F)c1)SCC(C)C. The summed E-state index contributed by atoms with van der Waals surface area (Å²) in [5, 5.41) is 4.18. The van der Waals surface area contributed by atoms with E-state index >= 15 is 0 Å². The van der Waals surface area contributed by atoms with Gasteiger partial charge in [0.1, 0.15) is 0 Å². The van der Waals surface area contributed by atoms with Crippen LogP contribution < -0.4 is 10.4 Å². The van der Waals surface area contributed by atoms with Crippen LogP contribution in [0.1, 0.15) is 31.9 Å². The molecule has 0 saturated carbocycles. The summed E-state index contributed by atoms with van der Waals surface area (Å²) in [6, 6.07) is 0.970. The number of thiocarbonyl (C=S) groups is 1. The lowest BCUT2D eigenvalue weighted by atomic mass is 10.1. The normalized spacial score (nSPS) is 14.6. The summed E-state index contributed by atoms with van der Waals surface area (Å²) < 4.78 is 95.3. The number of hydrogen-bond donors (Lipinski definition) is 2. The van der Waals surface area contributed by atoms with Crippen LogP contribution >= 0.6 is 30.3 Å². The fourth-order valence-electron chi connectivity index (χ4n) is 1.83. The van der Waals surface area contributed by atoms with Crippen LogP contribution in [0.3, 0.4) is 0 Å². The van der Waals surface area contributed by atoms with Crippen LogP contribution in [0.2, 0.25) is 0 Å². The third kappa shape index (κ3) is 8.18. The Hall–Kier alpha value is -0.970. The second-order valence-electron chi connectivity index (χ2n) is 5.97. The zero-order chi connectivity index (χ0) is 21.8. The standard InChI is InChI=1S/C15H19F6N2O2PS2/c1-4-25-26(24,28-8-9(2)3)23-13(27)22-12-6-10(14(16,17)18)5-11(7-12)15(19,20)21/h5-7,9H,4,8H2,1-3H3,(H2,22,23,24,27). The van der Waals surface area contributed by atoms with E-state index in [0.29, 0.717) is 17.9 Å². The van der Waals surface area contributed by atoms with Crippen LogP contribution in [-0.2, 0) is 21.4 Å². The van der Waals surface area contributed by atoms with Crippen molar-refractivity contribution in [2.75, 3.05) is 17.7 Å². The van der Waals surface area contributed by atoms with Crippen molar-refractivity contribution in [1.29, 1.82) is 0 Å². The Bertz CT molecular complexity index is 708. The lowest BCUT2D eigenvalue weighted by molar-refractivity contribution is -0.143. The van der Waals surface area contributed by atoms with Gasteiger partial charge in [0.2, 0.25) is 0 Å². The van der Waals surface area contributed by atoms with Crippen molar-refractivity contribution in [3.63, 3.8) is 0 Å². The van der Waals surface area contributed by atoms with E-state index in [2.05, 4.69) is 10.4 Å². The molecule has 4 nitrogen and oxygen atoms in total. The highest BCUT2D eigenvalue weighted by atomic mass is 32.7. The van der Waals surface area contributed by atoms with Crippen LogP contribution in [0.15, 0.2) is 18.2 Å². The third-order valence-electron chi connectivity index (χ3n) is 2.96. The van der Waals surface area contributed by atoms with Crippen LogP contribution in [0.4, 0.5) is 32.0 Å². The van der Waals surface area contributed by atoms with Gasteiger partial charge < -0.3 is 9.84 Å². The molecule has 0 bridgehead atoms. The highest BCUT2D eigenvalue weighted by Gasteiger charge is 2.37. The van der Waals surface area contributed by atoms with E-state index in [-0.39, 0.29) is 18.6 Å². The summed E-state index contributed by atoms with van der Waals surface area (Å²) in [7, 11) is 0. The summed E-state index contributed by atoms with van der Waals surface area (Å²) in [4.78, 5) is 0. The number of benzene rings is 1. The average molecular weight is 468 g/mol. The molecule has 0 radical (unpaired) electrons. The first-order valence-electron chi connectivity index (χ1n) is 7.94. The molecule has 0 aromatic heterocycles. The molecule has 28 heavy (non-hydrogen) atoms. The Kier molecular flexibility index (Phi) is 8.67. The summed E-state index contributed by atoms with van der Waals surface area (Å²) in [5.41, 5.74) is -3.53. The first-order chi connectivity index (χ1) is 12.7. The van der Waals surface area contributed by atoms with Crippen LogP contribution in [0.25, 0.3) is 0 Å². The largest absolute Gasteiger partial charge is 0.416 e. The Morgan fingerprint density at radius 2 is 1.64 bits per heavy atom. The van der Waals surface area contributed by atoms with Crippen LogP contribution in [-0.4, -0.2) is 17.5 Å². The maximum atomic E-state index is 12.9. The van der Waals surface area contributed by atoms with E-state index < -0.39 is 41.0 Å². The number of alkyl halides is 6. The molecule has 2 N–H and O–H groups in total. The number of rotatable bonds is 7. The van der Waals surface area contributed by atoms with Crippen molar-refractivity contribution in [1.82, 2.24) is 5.09 Å². The van der Waals surface area contributed by atoms with Crippen molar-refractivity contribution in [3.8, 4) is 0 Å². The lowest BCUT2D eigenvalue weighted by Gasteiger charge is -2.21. The van der Waals surface area contributed by atoms with Gasteiger partial charge in [-0.15, -0.1) is 0 Å². The Labute approximate surface area is 168 Å². The molecule has 0 spiro atoms. The molecule has 1 unspecified atom stereocenters. The molecule has 160 valence electrons. The van der Waals surface area contributed by atoms with E-state index in [9.17, 15) is 30.9 Å². The Morgan fingerprint density at radius 1 is 1.14 bits per heavy atom. The average Bonchev–Trinajstić information content (AvgIpc) is 2.51. The van der Waals surface area contributed by atoms with Gasteiger partial charge in [0.05, 0.1) is 17.7 Å². The molecule has 1 atom stereocenters. The molecule has 0 aliphatic carbocycles. The molecule has 0 saturated heterocycles. The number of hydrogen-bond acceptors (Lipinski definition) is 4. The second kappa shape index (κ2) is 9.69. The fraction of sp³-hybridized carbons (Fsp3) is 0.533. The van der Waals surface area contributed by atoms with Gasteiger partial charge in [0.25, 0.3) is 0 Å². The predicted molar refractivity (Wildman–Crippen MR) is 102 cm³/mol. The number of nitrogens with one attached hydrogen (secondary N) is 2. The second-order valence-corrected chi connectivity index (χ2v) is 10.7. The van der Waals surface area contributed by atoms with E-state index in [1.54, 1.807) is 6.92 Å². The smallest absolute Gasteiger partial charge is 0.332 e. The summed E-state index contributed by atoms with van der Waals surface area (Å²) in [6.45, 7) is 1.87. The van der Waals surface area contributed by atoms with Crippen molar-refractivity contribution in [3.05, 3.63) is 29.3 Å². The Morgan fingerprint density at radius 3 is 2.04 bits per heavy atom. The van der Waals surface area contributed by atoms with E-state index in [1.807, 2.05) is 13.8 Å². The molecule has 1 rings (SSSR count). The highest BCUT2D eigenvalue weighted by Crippen LogP contribution is 2.56. The molecule has 0 aliphatic rings. The van der Waals surface area contributed by atoms with Gasteiger partial charge in [-0.1, -0.05) is 13.8 Å². The molecule has 0 heterocycles. The predicted octanol–water partition coefficient (Wildman–Crippen LogP) is 6.54. The summed E-state index contributed by atoms with van der Waals surface area (Å²) in [5.74, 6) is 0.606. The summed E-state index contributed by atoms with van der Waals surface area (Å²) in [6.07, 6.45) is -9.97. The molecular formula is C15H19F6N2O2PS2. The van der Waals surface area contributed by atoms with Gasteiger partial charge in [0.15, 0.2) is 5.11 Å². The molecule has 0 amide bonds. The van der Waals surface area contributed by atoms with Crippen molar-refractivity contribution in [2.24, 2.45) is 5.92 Å². The zero-order valence-electron chi connectivity index (χ0n) is 15.1. The maximum Gasteiger partial charge on any atom is 0.416 e. The quantitative estimate of drug-likeness (QED) is 0.269. The summed E-state index contributed by atoms with van der Waals surface area (Å²) >= 11 is 5.85. The highest BCUT2D eigenvalue weighted by molar-refractivity contribution is 8.56. The van der Waals surface area contributed by atoms with E-state index in [0.717, 1.165) is 11.4 Å². The molecule has 1 aromatic carbocycles. The number of anilines is 1. The van der Waals surface area contributed by atoms with Gasteiger partial charge in [-0.3, -0.25) is 9.65 Å². The molecule has 0 aliphatic heterocycles. The van der Waals surface area contributed by atoms with Gasteiger partial charge in [-0.25, -0.2) is 0 Å². The number of halogens is 6. The first kappa shape index (κ1) is 25.1. The van der Waals surface area contributed by atoms with E-state index in [1.165, 1.54) is 0 Å². The molecule has 1 aromatic rings. The van der Waals surface area contributed by atoms with Crippen LogP contribution in [0.5, 0.6) is 0 Å². The van der Waals surface area contributed by atoms with Crippen molar-refractivity contribution < 1.29 is 35.4 Å². The minimum absolute atomic E-state index is 0.00519.